The molecule has 0 aliphatic heterocycles. The van der Waals surface area contributed by atoms with Gasteiger partial charge < -0.3 is 10.1 Å². The molecule has 1 heterocycles. The number of hydrogen-bond acceptors (Lipinski definition) is 5. The zero-order valence-electron chi connectivity index (χ0n) is 15.1. The Labute approximate surface area is 161 Å². The van der Waals surface area contributed by atoms with E-state index in [1.54, 1.807) is 22.9 Å². The minimum atomic E-state index is -0.226. The van der Waals surface area contributed by atoms with Gasteiger partial charge in [0.25, 0.3) is 5.91 Å². The molecule has 4 aromatic rings. The lowest BCUT2D eigenvalue weighted by Crippen LogP contribution is -2.13. The van der Waals surface area contributed by atoms with E-state index < -0.39 is 0 Å². The molecule has 0 atom stereocenters. The molecule has 0 bridgehead atoms. The summed E-state index contributed by atoms with van der Waals surface area (Å²) in [5.74, 6) is 1.08. The standard InChI is InChI=1S/C21H17N5O2/c1-15-19(11-6-12-20(15)26-14-22-24-25-26)23-21(27)16-7-5-10-18(13-16)28-17-8-3-2-4-9-17/h2-14H,1H3,(H,23,27). The molecule has 3 aromatic carbocycles. The van der Waals surface area contributed by atoms with Gasteiger partial charge in [0, 0.05) is 11.3 Å². The number of carbonyl (C=O) groups is 1. The number of tetrazole rings is 1. The van der Waals surface area contributed by atoms with Gasteiger partial charge in [0.15, 0.2) is 0 Å². The lowest BCUT2D eigenvalue weighted by atomic mass is 10.1. The summed E-state index contributed by atoms with van der Waals surface area (Å²) in [4.78, 5) is 12.8. The Balaban J connectivity index is 1.55. The lowest BCUT2D eigenvalue weighted by Gasteiger charge is -2.12. The predicted octanol–water partition coefficient (Wildman–Crippen LogP) is 4.02. The Hall–Kier alpha value is -4.00. The topological polar surface area (TPSA) is 81.9 Å². The van der Waals surface area contributed by atoms with Crippen LogP contribution in [-0.2, 0) is 0 Å². The Morgan fingerprint density at radius 2 is 1.75 bits per heavy atom. The molecule has 0 fully saturated rings. The summed E-state index contributed by atoms with van der Waals surface area (Å²) < 4.78 is 7.36. The summed E-state index contributed by atoms with van der Waals surface area (Å²) in [6, 6.07) is 22.1. The molecule has 1 N–H and O–H groups in total. The van der Waals surface area contributed by atoms with Crippen LogP contribution in [0.1, 0.15) is 15.9 Å². The lowest BCUT2D eigenvalue weighted by molar-refractivity contribution is 0.102. The van der Waals surface area contributed by atoms with Gasteiger partial charge in [-0.2, -0.15) is 0 Å². The first kappa shape index (κ1) is 17.4. The van der Waals surface area contributed by atoms with Gasteiger partial charge in [-0.3, -0.25) is 4.79 Å². The number of nitrogens with zero attached hydrogens (tertiary/aromatic N) is 4. The average Bonchev–Trinajstić information content (AvgIpc) is 3.25. The molecule has 0 aliphatic carbocycles. The van der Waals surface area contributed by atoms with Crippen molar-refractivity contribution in [3.8, 4) is 17.2 Å². The van der Waals surface area contributed by atoms with Crippen LogP contribution in [0.4, 0.5) is 5.69 Å². The maximum atomic E-state index is 12.8. The van der Waals surface area contributed by atoms with E-state index in [0.29, 0.717) is 22.7 Å². The molecule has 0 radical (unpaired) electrons. The van der Waals surface area contributed by atoms with Crippen LogP contribution >= 0.6 is 0 Å². The van der Waals surface area contributed by atoms with Gasteiger partial charge in [-0.25, -0.2) is 4.68 Å². The van der Waals surface area contributed by atoms with Crippen LogP contribution in [0, 0.1) is 6.92 Å². The summed E-state index contributed by atoms with van der Waals surface area (Å²) in [6.45, 7) is 1.90. The molecule has 0 spiro atoms. The van der Waals surface area contributed by atoms with Crippen molar-refractivity contribution in [2.24, 2.45) is 0 Å². The fraction of sp³-hybridized carbons (Fsp3) is 0.0476. The van der Waals surface area contributed by atoms with Crippen LogP contribution in [0.2, 0.25) is 0 Å². The number of para-hydroxylation sites is 1. The molecule has 138 valence electrons. The van der Waals surface area contributed by atoms with E-state index in [1.165, 1.54) is 6.33 Å². The number of carbonyl (C=O) groups excluding carboxylic acids is 1. The zero-order valence-corrected chi connectivity index (χ0v) is 15.1. The van der Waals surface area contributed by atoms with Gasteiger partial charge in [-0.15, -0.1) is 5.10 Å². The molecular weight excluding hydrogens is 354 g/mol. The molecule has 7 nitrogen and oxygen atoms in total. The number of anilines is 1. The second-order valence-electron chi connectivity index (χ2n) is 6.10. The van der Waals surface area contributed by atoms with Crippen molar-refractivity contribution < 1.29 is 9.53 Å². The van der Waals surface area contributed by atoms with Crippen LogP contribution in [0.25, 0.3) is 5.69 Å². The normalized spacial score (nSPS) is 10.5. The fourth-order valence-electron chi connectivity index (χ4n) is 2.80. The number of amides is 1. The van der Waals surface area contributed by atoms with Gasteiger partial charge in [0.2, 0.25) is 0 Å². The number of aromatic nitrogens is 4. The largest absolute Gasteiger partial charge is 0.457 e. The molecule has 0 saturated carbocycles. The van der Waals surface area contributed by atoms with E-state index in [4.69, 9.17) is 4.74 Å². The molecule has 0 saturated heterocycles. The Kier molecular flexibility index (Phi) is 4.79. The number of ether oxygens (including phenoxy) is 1. The first-order chi connectivity index (χ1) is 13.7. The first-order valence-electron chi connectivity index (χ1n) is 8.68. The van der Waals surface area contributed by atoms with Gasteiger partial charge in [0.05, 0.1) is 5.69 Å². The highest BCUT2D eigenvalue weighted by atomic mass is 16.5. The summed E-state index contributed by atoms with van der Waals surface area (Å²) in [5.41, 5.74) is 2.84. The number of nitrogens with one attached hydrogen (secondary N) is 1. The summed E-state index contributed by atoms with van der Waals surface area (Å²) >= 11 is 0. The fourth-order valence-corrected chi connectivity index (χ4v) is 2.80. The Morgan fingerprint density at radius 3 is 2.54 bits per heavy atom. The maximum Gasteiger partial charge on any atom is 0.255 e. The molecule has 0 unspecified atom stereocenters. The third kappa shape index (κ3) is 3.73. The molecule has 28 heavy (non-hydrogen) atoms. The SMILES string of the molecule is Cc1c(NC(=O)c2cccc(Oc3ccccc3)c2)cccc1-n1cnnn1. The number of benzene rings is 3. The van der Waals surface area contributed by atoms with Gasteiger partial charge in [0.1, 0.15) is 17.8 Å². The molecule has 4 rings (SSSR count). The minimum absolute atomic E-state index is 0.226. The van der Waals surface area contributed by atoms with E-state index in [1.807, 2.05) is 61.5 Å². The second kappa shape index (κ2) is 7.71. The van der Waals surface area contributed by atoms with Crippen LogP contribution in [0.3, 0.4) is 0 Å². The van der Waals surface area contributed by atoms with Gasteiger partial charge in [-0.1, -0.05) is 30.3 Å². The molecule has 1 aromatic heterocycles. The van der Waals surface area contributed by atoms with Crippen molar-refractivity contribution in [1.29, 1.82) is 0 Å². The first-order valence-corrected chi connectivity index (χ1v) is 8.68. The minimum Gasteiger partial charge on any atom is -0.457 e. The molecule has 1 amide bonds. The van der Waals surface area contributed by atoms with E-state index >= 15 is 0 Å². The van der Waals surface area contributed by atoms with Crippen LogP contribution < -0.4 is 10.1 Å². The van der Waals surface area contributed by atoms with Crippen LogP contribution in [0.15, 0.2) is 79.1 Å². The molecule has 0 aliphatic rings. The highest BCUT2D eigenvalue weighted by Gasteiger charge is 2.12. The maximum absolute atomic E-state index is 12.8. The van der Waals surface area contributed by atoms with E-state index in [9.17, 15) is 4.79 Å². The van der Waals surface area contributed by atoms with Gasteiger partial charge in [-0.05, 0) is 65.4 Å². The van der Waals surface area contributed by atoms with Crippen molar-refractivity contribution >= 4 is 11.6 Å². The van der Waals surface area contributed by atoms with E-state index in [2.05, 4.69) is 20.8 Å². The molecular formula is C21H17N5O2. The second-order valence-corrected chi connectivity index (χ2v) is 6.10. The Morgan fingerprint density at radius 1 is 0.964 bits per heavy atom. The van der Waals surface area contributed by atoms with Gasteiger partial charge >= 0.3 is 0 Å². The average molecular weight is 371 g/mol. The van der Waals surface area contributed by atoms with Crippen LogP contribution in [0.5, 0.6) is 11.5 Å². The monoisotopic (exact) mass is 371 g/mol. The van der Waals surface area contributed by atoms with Crippen LogP contribution in [-0.4, -0.2) is 26.1 Å². The smallest absolute Gasteiger partial charge is 0.255 e. The summed E-state index contributed by atoms with van der Waals surface area (Å²) in [7, 11) is 0. The summed E-state index contributed by atoms with van der Waals surface area (Å²) in [5, 5.41) is 14.2. The summed E-state index contributed by atoms with van der Waals surface area (Å²) in [6.07, 6.45) is 1.51. The predicted molar refractivity (Wildman–Crippen MR) is 105 cm³/mol. The third-order valence-electron chi connectivity index (χ3n) is 4.22. The van der Waals surface area contributed by atoms with Crippen molar-refractivity contribution in [3.63, 3.8) is 0 Å². The number of rotatable bonds is 5. The van der Waals surface area contributed by atoms with Crippen molar-refractivity contribution in [3.05, 3.63) is 90.3 Å². The van der Waals surface area contributed by atoms with Crippen molar-refractivity contribution in [2.75, 3.05) is 5.32 Å². The van der Waals surface area contributed by atoms with E-state index in [-0.39, 0.29) is 5.91 Å². The quantitative estimate of drug-likeness (QED) is 0.573. The zero-order chi connectivity index (χ0) is 19.3. The Bertz CT molecular complexity index is 1100. The van der Waals surface area contributed by atoms with Crippen molar-refractivity contribution in [1.82, 2.24) is 20.2 Å². The van der Waals surface area contributed by atoms with E-state index in [0.717, 1.165) is 11.3 Å². The molecule has 7 heteroatoms. The third-order valence-corrected chi connectivity index (χ3v) is 4.22. The highest BCUT2D eigenvalue weighted by Crippen LogP contribution is 2.24. The highest BCUT2D eigenvalue weighted by molar-refractivity contribution is 6.05. The number of hydrogen-bond donors (Lipinski definition) is 1. The van der Waals surface area contributed by atoms with Crippen molar-refractivity contribution in [2.45, 2.75) is 6.92 Å².